The van der Waals surface area contributed by atoms with Crippen LogP contribution in [0.15, 0.2) is 48.5 Å². The van der Waals surface area contributed by atoms with Crippen molar-refractivity contribution in [3.05, 3.63) is 87.9 Å². The van der Waals surface area contributed by atoms with E-state index in [4.69, 9.17) is 9.78 Å². The van der Waals surface area contributed by atoms with E-state index in [0.717, 1.165) is 65.9 Å². The zero-order valence-electron chi connectivity index (χ0n) is 24.6. The standard InChI is InChI=1S/C30H35FN2O.C2H6.CH3NO/c1-6-16-33-19-23-17-21(9-15-26(23)29(33)34)8-14-25-18-27(30(4,5)7-2)20(3)28(32-25)22-10-12-24(31)13-11-22;1-2;2-1-3/h9-13,15,17-18H,6-8,14,16,19H2,1-5H3;1-2H3;1H,(H2,2,3). The minimum atomic E-state index is -0.237. The van der Waals surface area contributed by atoms with Crippen molar-refractivity contribution in [3.63, 3.8) is 0 Å². The van der Waals surface area contributed by atoms with Crippen molar-refractivity contribution in [2.45, 2.75) is 86.1 Å². The fraction of sp³-hybridized carbons (Fsp3) is 0.424. The summed E-state index contributed by atoms with van der Waals surface area (Å²) in [5.74, 6) is -0.0850. The average molecular weight is 534 g/mol. The molecule has 0 bridgehead atoms. The molecule has 2 amide bonds. The SMILES string of the molecule is CC.CCCN1Cc2cc(CCc3cc(C(C)(C)CC)c(C)c(-c4ccc(F)cc4)n3)ccc2C1=O.NC=O. The molecule has 0 atom stereocenters. The van der Waals surface area contributed by atoms with E-state index in [1.807, 2.05) is 36.9 Å². The van der Waals surface area contributed by atoms with Gasteiger partial charge in [-0.3, -0.25) is 14.6 Å². The van der Waals surface area contributed by atoms with E-state index in [1.54, 1.807) is 0 Å². The fourth-order valence-electron chi connectivity index (χ4n) is 4.89. The minimum Gasteiger partial charge on any atom is -0.372 e. The number of benzene rings is 2. The number of rotatable bonds is 8. The number of aryl methyl sites for hydroxylation is 2. The topological polar surface area (TPSA) is 76.3 Å². The molecule has 6 heteroatoms. The lowest BCUT2D eigenvalue weighted by atomic mass is 9.78. The molecule has 2 N–H and O–H groups in total. The number of hydrogen-bond donors (Lipinski definition) is 1. The van der Waals surface area contributed by atoms with Crippen LogP contribution in [0.4, 0.5) is 4.39 Å². The van der Waals surface area contributed by atoms with Gasteiger partial charge in [-0.25, -0.2) is 4.39 Å². The van der Waals surface area contributed by atoms with Gasteiger partial charge in [-0.2, -0.15) is 0 Å². The molecule has 0 spiro atoms. The van der Waals surface area contributed by atoms with Gasteiger partial charge < -0.3 is 10.6 Å². The summed E-state index contributed by atoms with van der Waals surface area (Å²) >= 11 is 0. The second-order valence-corrected chi connectivity index (χ2v) is 10.2. The van der Waals surface area contributed by atoms with Gasteiger partial charge in [0.15, 0.2) is 0 Å². The van der Waals surface area contributed by atoms with Gasteiger partial charge in [-0.05, 0) is 96.7 Å². The van der Waals surface area contributed by atoms with Gasteiger partial charge in [0.1, 0.15) is 5.82 Å². The molecule has 0 fully saturated rings. The summed E-state index contributed by atoms with van der Waals surface area (Å²) in [6.45, 7) is 16.5. The highest BCUT2D eigenvalue weighted by atomic mass is 19.1. The first-order valence-electron chi connectivity index (χ1n) is 14.0. The minimum absolute atomic E-state index is 0.0211. The molecule has 1 aliphatic rings. The van der Waals surface area contributed by atoms with E-state index >= 15 is 0 Å². The quantitative estimate of drug-likeness (QED) is 0.312. The zero-order chi connectivity index (χ0) is 29.2. The Bertz CT molecular complexity index is 1250. The number of nitrogens with two attached hydrogens (primary N) is 1. The monoisotopic (exact) mass is 533 g/mol. The lowest BCUT2D eigenvalue weighted by Gasteiger charge is -2.27. The number of fused-ring (bicyclic) bond motifs is 1. The lowest BCUT2D eigenvalue weighted by molar-refractivity contribution is -0.106. The van der Waals surface area contributed by atoms with Crippen molar-refractivity contribution in [2.75, 3.05) is 6.54 Å². The first-order valence-corrected chi connectivity index (χ1v) is 14.0. The first kappa shape index (κ1) is 31.7. The van der Waals surface area contributed by atoms with Crippen molar-refractivity contribution in [1.82, 2.24) is 9.88 Å². The van der Waals surface area contributed by atoms with Crippen molar-refractivity contribution in [1.29, 1.82) is 0 Å². The number of nitrogens with zero attached hydrogens (tertiary/aromatic N) is 2. The van der Waals surface area contributed by atoms with E-state index < -0.39 is 0 Å². The Kier molecular flexibility index (Phi) is 11.8. The second-order valence-electron chi connectivity index (χ2n) is 10.2. The molecule has 0 aliphatic carbocycles. The van der Waals surface area contributed by atoms with E-state index in [2.05, 4.69) is 58.6 Å². The number of primary amides is 1. The highest BCUT2D eigenvalue weighted by Gasteiger charge is 2.27. The van der Waals surface area contributed by atoms with Crippen LogP contribution in [0, 0.1) is 12.7 Å². The molecule has 5 nitrogen and oxygen atoms in total. The summed E-state index contributed by atoms with van der Waals surface area (Å²) in [6.07, 6.45) is 3.92. The van der Waals surface area contributed by atoms with Crippen LogP contribution < -0.4 is 5.73 Å². The predicted octanol–water partition coefficient (Wildman–Crippen LogP) is 7.16. The van der Waals surface area contributed by atoms with E-state index in [1.165, 1.54) is 23.3 Å². The van der Waals surface area contributed by atoms with Gasteiger partial charge in [-0.15, -0.1) is 0 Å². The lowest BCUT2D eigenvalue weighted by Crippen LogP contribution is -2.24. The molecular weight excluding hydrogens is 489 g/mol. The number of carbonyl (C=O) groups excluding carboxylic acids is 2. The number of aromatic nitrogens is 1. The van der Waals surface area contributed by atoms with Gasteiger partial charge >= 0.3 is 0 Å². The largest absolute Gasteiger partial charge is 0.372 e. The van der Waals surface area contributed by atoms with E-state index in [0.29, 0.717) is 6.54 Å². The molecule has 39 heavy (non-hydrogen) atoms. The average Bonchev–Trinajstić information content (AvgIpc) is 3.24. The summed E-state index contributed by atoms with van der Waals surface area (Å²) in [6, 6.07) is 15.1. The van der Waals surface area contributed by atoms with Crippen LogP contribution in [0.25, 0.3) is 11.3 Å². The molecule has 2 aromatic carbocycles. The third-order valence-corrected chi connectivity index (χ3v) is 7.27. The molecule has 210 valence electrons. The molecular formula is C33H44FN3O2. The van der Waals surface area contributed by atoms with Crippen LogP contribution in [-0.2, 0) is 29.6 Å². The smallest absolute Gasteiger partial charge is 0.254 e. The third kappa shape index (κ3) is 7.75. The molecule has 2 heterocycles. The number of amides is 2. The third-order valence-electron chi connectivity index (χ3n) is 7.27. The summed E-state index contributed by atoms with van der Waals surface area (Å²) in [7, 11) is 0. The normalized spacial score (nSPS) is 12.2. The summed E-state index contributed by atoms with van der Waals surface area (Å²) in [5, 5.41) is 0. The Morgan fingerprint density at radius 2 is 1.69 bits per heavy atom. The van der Waals surface area contributed by atoms with Gasteiger partial charge in [-0.1, -0.05) is 53.7 Å². The predicted molar refractivity (Wildman–Crippen MR) is 158 cm³/mol. The molecule has 1 aliphatic heterocycles. The zero-order valence-corrected chi connectivity index (χ0v) is 24.6. The van der Waals surface area contributed by atoms with Crippen molar-refractivity contribution in [3.8, 4) is 11.3 Å². The van der Waals surface area contributed by atoms with Gasteiger partial charge in [0.05, 0.1) is 5.69 Å². The Hall–Kier alpha value is -3.54. The number of hydrogen-bond acceptors (Lipinski definition) is 3. The maximum Gasteiger partial charge on any atom is 0.254 e. The maximum absolute atomic E-state index is 13.6. The van der Waals surface area contributed by atoms with Crippen molar-refractivity contribution < 1.29 is 14.0 Å². The van der Waals surface area contributed by atoms with E-state index in [9.17, 15) is 9.18 Å². The van der Waals surface area contributed by atoms with Gasteiger partial charge in [0, 0.05) is 29.9 Å². The Morgan fingerprint density at radius 1 is 1.05 bits per heavy atom. The fourth-order valence-corrected chi connectivity index (χ4v) is 4.89. The summed E-state index contributed by atoms with van der Waals surface area (Å²) in [4.78, 5) is 28.1. The summed E-state index contributed by atoms with van der Waals surface area (Å²) in [5.41, 5.74) is 12.8. The van der Waals surface area contributed by atoms with Crippen LogP contribution in [0.5, 0.6) is 0 Å². The summed E-state index contributed by atoms with van der Waals surface area (Å²) < 4.78 is 13.6. The molecule has 0 unspecified atom stereocenters. The Labute approximate surface area is 233 Å². The second kappa shape index (κ2) is 14.6. The van der Waals surface area contributed by atoms with Gasteiger partial charge in [0.25, 0.3) is 5.91 Å². The Balaban J connectivity index is 0.000000998. The number of halogens is 1. The molecule has 0 saturated heterocycles. The van der Waals surface area contributed by atoms with Crippen molar-refractivity contribution in [2.24, 2.45) is 5.73 Å². The van der Waals surface area contributed by atoms with Gasteiger partial charge in [0.2, 0.25) is 6.41 Å². The van der Waals surface area contributed by atoms with Crippen LogP contribution in [0.3, 0.4) is 0 Å². The van der Waals surface area contributed by atoms with Crippen LogP contribution in [-0.4, -0.2) is 28.7 Å². The molecule has 1 aromatic heterocycles. The number of carbonyl (C=O) groups is 2. The molecule has 3 aromatic rings. The van der Waals surface area contributed by atoms with E-state index in [-0.39, 0.29) is 23.5 Å². The van der Waals surface area contributed by atoms with Crippen molar-refractivity contribution >= 4 is 12.3 Å². The molecule has 0 saturated carbocycles. The van der Waals surface area contributed by atoms with Crippen LogP contribution in [0.1, 0.15) is 92.7 Å². The Morgan fingerprint density at radius 3 is 2.28 bits per heavy atom. The maximum atomic E-state index is 13.6. The number of pyridine rings is 1. The van der Waals surface area contributed by atoms with Crippen LogP contribution >= 0.6 is 0 Å². The van der Waals surface area contributed by atoms with Crippen LogP contribution in [0.2, 0.25) is 0 Å². The molecule has 4 rings (SSSR count). The highest BCUT2D eigenvalue weighted by Crippen LogP contribution is 2.35. The molecule has 0 radical (unpaired) electrons. The highest BCUT2D eigenvalue weighted by molar-refractivity contribution is 5.98. The first-order chi connectivity index (χ1) is 18.6.